The van der Waals surface area contributed by atoms with E-state index in [1.54, 1.807) is 17.2 Å². The molecular weight excluding hydrogens is 422 g/mol. The van der Waals surface area contributed by atoms with Crippen LogP contribution < -0.4 is 14.4 Å². The van der Waals surface area contributed by atoms with Crippen molar-refractivity contribution in [2.24, 2.45) is 0 Å². The van der Waals surface area contributed by atoms with Gasteiger partial charge in [0.25, 0.3) is 0 Å². The van der Waals surface area contributed by atoms with Crippen molar-refractivity contribution in [2.75, 3.05) is 11.7 Å². The Kier molecular flexibility index (Phi) is 4.98. The van der Waals surface area contributed by atoms with E-state index in [9.17, 15) is 4.79 Å². The number of hydrogen-bond acceptors (Lipinski definition) is 6. The molecule has 1 aliphatic rings. The minimum Gasteiger partial charge on any atom is -0.454 e. The lowest BCUT2D eigenvalue weighted by atomic mass is 10.1. The molecule has 3 heterocycles. The first kappa shape index (κ1) is 18.8. The summed E-state index contributed by atoms with van der Waals surface area (Å²) in [6.45, 7) is 0.532. The second-order valence-electron chi connectivity index (χ2n) is 6.77. The summed E-state index contributed by atoms with van der Waals surface area (Å²) >= 11 is 7.55. The van der Waals surface area contributed by atoms with Gasteiger partial charge in [-0.1, -0.05) is 35.1 Å². The highest BCUT2D eigenvalue weighted by molar-refractivity contribution is 7.22. The zero-order valence-corrected chi connectivity index (χ0v) is 17.3. The number of hydrogen-bond donors (Lipinski definition) is 0. The van der Waals surface area contributed by atoms with Crippen LogP contribution in [0.1, 0.15) is 11.3 Å². The number of amides is 1. The number of fused-ring (bicyclic) bond motifs is 2. The number of anilines is 1. The lowest BCUT2D eigenvalue weighted by molar-refractivity contribution is -0.118. The number of halogens is 1. The second-order valence-corrected chi connectivity index (χ2v) is 8.22. The molecule has 0 spiro atoms. The Labute approximate surface area is 181 Å². The predicted octanol–water partition coefficient (Wildman–Crippen LogP) is 4.85. The van der Waals surface area contributed by atoms with Crippen molar-refractivity contribution >= 4 is 44.2 Å². The fourth-order valence-electron chi connectivity index (χ4n) is 3.24. The molecule has 0 bridgehead atoms. The van der Waals surface area contributed by atoms with Crippen molar-refractivity contribution in [3.05, 3.63) is 77.1 Å². The van der Waals surface area contributed by atoms with Gasteiger partial charge in [0.2, 0.25) is 12.7 Å². The summed E-state index contributed by atoms with van der Waals surface area (Å²) in [5, 5.41) is 1.25. The molecule has 150 valence electrons. The van der Waals surface area contributed by atoms with Gasteiger partial charge in [-0.25, -0.2) is 4.98 Å². The molecule has 1 aliphatic heterocycles. The Hall–Kier alpha value is -3.16. The number of carbonyl (C=O) groups is 1. The first-order chi connectivity index (χ1) is 14.7. The van der Waals surface area contributed by atoms with Gasteiger partial charge in [0.1, 0.15) is 0 Å². The monoisotopic (exact) mass is 437 g/mol. The maximum atomic E-state index is 13.3. The largest absolute Gasteiger partial charge is 0.454 e. The van der Waals surface area contributed by atoms with Crippen LogP contribution in [0, 0.1) is 0 Å². The minimum absolute atomic E-state index is 0.0790. The molecule has 4 aromatic rings. The summed E-state index contributed by atoms with van der Waals surface area (Å²) < 4.78 is 11.7. The average Bonchev–Trinajstić information content (AvgIpc) is 3.38. The van der Waals surface area contributed by atoms with Gasteiger partial charge in [0.05, 0.1) is 28.9 Å². The van der Waals surface area contributed by atoms with Crippen LogP contribution in [0.2, 0.25) is 5.02 Å². The van der Waals surface area contributed by atoms with Gasteiger partial charge < -0.3 is 9.47 Å². The number of nitrogens with zero attached hydrogens (tertiary/aromatic N) is 3. The SMILES string of the molecule is O=C(Cc1ccc2c(c1)OCO2)N(Cc1ccccn1)c1nc2ccc(Cl)cc2s1. The van der Waals surface area contributed by atoms with Gasteiger partial charge in [-0.05, 0) is 48.0 Å². The van der Waals surface area contributed by atoms with Crippen LogP contribution in [-0.4, -0.2) is 22.7 Å². The molecule has 2 aromatic carbocycles. The van der Waals surface area contributed by atoms with Gasteiger partial charge in [-0.15, -0.1) is 0 Å². The van der Waals surface area contributed by atoms with E-state index in [1.165, 1.54) is 11.3 Å². The molecule has 2 aromatic heterocycles. The normalized spacial score (nSPS) is 12.3. The second kappa shape index (κ2) is 7.93. The predicted molar refractivity (Wildman–Crippen MR) is 116 cm³/mol. The minimum atomic E-state index is -0.0790. The molecule has 0 saturated heterocycles. The molecule has 0 unspecified atom stereocenters. The number of carbonyl (C=O) groups excluding carboxylic acids is 1. The number of aromatic nitrogens is 2. The van der Waals surface area contributed by atoms with Crippen molar-refractivity contribution in [3.8, 4) is 11.5 Å². The standard InChI is InChI=1S/C22H16ClN3O3S/c23-15-5-6-17-20(11-15)30-22(25-17)26(12-16-3-1-2-8-24-16)21(27)10-14-4-7-18-19(9-14)29-13-28-18/h1-9,11H,10,12-13H2. The van der Waals surface area contributed by atoms with Crippen molar-refractivity contribution in [3.63, 3.8) is 0 Å². The van der Waals surface area contributed by atoms with Crippen molar-refractivity contribution in [2.45, 2.75) is 13.0 Å². The third-order valence-electron chi connectivity index (χ3n) is 4.71. The number of rotatable bonds is 5. The quantitative estimate of drug-likeness (QED) is 0.446. The number of ether oxygens (including phenoxy) is 2. The van der Waals surface area contributed by atoms with Gasteiger partial charge in [-0.2, -0.15) is 0 Å². The lowest BCUT2D eigenvalue weighted by Gasteiger charge is -2.19. The van der Waals surface area contributed by atoms with Gasteiger partial charge in [0.15, 0.2) is 16.6 Å². The zero-order valence-electron chi connectivity index (χ0n) is 15.7. The Bertz CT molecular complexity index is 1230. The summed E-state index contributed by atoms with van der Waals surface area (Å²) in [7, 11) is 0. The van der Waals surface area contributed by atoms with Crippen LogP contribution in [0.5, 0.6) is 11.5 Å². The lowest BCUT2D eigenvalue weighted by Crippen LogP contribution is -2.32. The Balaban J connectivity index is 1.47. The maximum absolute atomic E-state index is 13.3. The van der Waals surface area contributed by atoms with E-state index in [0.29, 0.717) is 28.2 Å². The zero-order chi connectivity index (χ0) is 20.5. The van der Waals surface area contributed by atoms with Crippen LogP contribution in [0.15, 0.2) is 60.8 Å². The Morgan fingerprint density at radius 3 is 2.87 bits per heavy atom. The van der Waals surface area contributed by atoms with E-state index in [4.69, 9.17) is 21.1 Å². The fourth-order valence-corrected chi connectivity index (χ4v) is 4.50. The summed E-state index contributed by atoms with van der Waals surface area (Å²) in [4.78, 5) is 24.0. The summed E-state index contributed by atoms with van der Waals surface area (Å²) in [5.41, 5.74) is 2.44. The molecule has 6 nitrogen and oxygen atoms in total. The highest BCUT2D eigenvalue weighted by Crippen LogP contribution is 2.34. The highest BCUT2D eigenvalue weighted by Gasteiger charge is 2.22. The van der Waals surface area contributed by atoms with Crippen LogP contribution in [0.25, 0.3) is 10.2 Å². The molecule has 1 amide bonds. The third-order valence-corrected chi connectivity index (χ3v) is 5.99. The summed E-state index contributed by atoms with van der Waals surface area (Å²) in [6, 6.07) is 16.7. The Morgan fingerprint density at radius 2 is 2.00 bits per heavy atom. The Morgan fingerprint density at radius 1 is 1.10 bits per heavy atom. The van der Waals surface area contributed by atoms with E-state index >= 15 is 0 Å². The van der Waals surface area contributed by atoms with Crippen LogP contribution in [0.3, 0.4) is 0 Å². The van der Waals surface area contributed by atoms with Crippen molar-refractivity contribution < 1.29 is 14.3 Å². The first-order valence-electron chi connectivity index (χ1n) is 9.30. The fraction of sp³-hybridized carbons (Fsp3) is 0.136. The molecule has 0 atom stereocenters. The average molecular weight is 438 g/mol. The maximum Gasteiger partial charge on any atom is 0.233 e. The molecule has 5 rings (SSSR count). The van der Waals surface area contributed by atoms with Crippen LogP contribution >= 0.6 is 22.9 Å². The molecule has 30 heavy (non-hydrogen) atoms. The molecular formula is C22H16ClN3O3S. The number of thiazole rings is 1. The smallest absolute Gasteiger partial charge is 0.233 e. The molecule has 0 N–H and O–H groups in total. The van der Waals surface area contributed by atoms with E-state index in [-0.39, 0.29) is 19.1 Å². The molecule has 0 fully saturated rings. The first-order valence-corrected chi connectivity index (χ1v) is 10.5. The third kappa shape index (κ3) is 3.81. The van der Waals surface area contributed by atoms with E-state index < -0.39 is 0 Å². The molecule has 0 aliphatic carbocycles. The summed E-state index contributed by atoms with van der Waals surface area (Å²) in [5.74, 6) is 1.27. The van der Waals surface area contributed by atoms with Crippen LogP contribution in [-0.2, 0) is 17.8 Å². The van der Waals surface area contributed by atoms with Crippen molar-refractivity contribution in [1.29, 1.82) is 0 Å². The molecule has 0 saturated carbocycles. The van der Waals surface area contributed by atoms with E-state index in [2.05, 4.69) is 9.97 Å². The van der Waals surface area contributed by atoms with E-state index in [0.717, 1.165) is 21.5 Å². The van der Waals surface area contributed by atoms with Gasteiger partial charge in [-0.3, -0.25) is 14.7 Å². The van der Waals surface area contributed by atoms with Crippen LogP contribution in [0.4, 0.5) is 5.13 Å². The van der Waals surface area contributed by atoms with Gasteiger partial charge >= 0.3 is 0 Å². The molecule has 0 radical (unpaired) electrons. The molecule has 8 heteroatoms. The highest BCUT2D eigenvalue weighted by atomic mass is 35.5. The summed E-state index contributed by atoms with van der Waals surface area (Å²) in [6.07, 6.45) is 1.92. The number of pyridine rings is 1. The van der Waals surface area contributed by atoms with E-state index in [1.807, 2.05) is 48.5 Å². The van der Waals surface area contributed by atoms with Crippen molar-refractivity contribution in [1.82, 2.24) is 9.97 Å². The number of benzene rings is 2. The topological polar surface area (TPSA) is 64.6 Å². The van der Waals surface area contributed by atoms with Gasteiger partial charge in [0, 0.05) is 11.2 Å².